The summed E-state index contributed by atoms with van der Waals surface area (Å²) in [7, 11) is 0. The van der Waals surface area contributed by atoms with Crippen molar-refractivity contribution in [2.75, 3.05) is 5.32 Å². The Bertz CT molecular complexity index is 1230. The number of nitro groups is 1. The van der Waals surface area contributed by atoms with Crippen LogP contribution < -0.4 is 5.32 Å². The number of nitrogens with zero attached hydrogens (tertiary/aromatic N) is 2. The van der Waals surface area contributed by atoms with E-state index in [-0.39, 0.29) is 17.0 Å². The summed E-state index contributed by atoms with van der Waals surface area (Å²) in [6.45, 7) is 2.05. The fourth-order valence-electron chi connectivity index (χ4n) is 6.83. The molecule has 1 N–H and O–H groups in total. The predicted octanol–water partition coefficient (Wildman–Crippen LogP) is 6.85. The van der Waals surface area contributed by atoms with Gasteiger partial charge >= 0.3 is 0 Å². The first-order valence-electron chi connectivity index (χ1n) is 12.0. The Morgan fingerprint density at radius 1 is 0.971 bits per heavy atom. The van der Waals surface area contributed by atoms with Gasteiger partial charge in [-0.1, -0.05) is 41.2 Å². The van der Waals surface area contributed by atoms with Gasteiger partial charge in [-0.25, -0.2) is 4.98 Å². The summed E-state index contributed by atoms with van der Waals surface area (Å²) in [5.41, 5.74) is 3.54. The molecule has 4 fully saturated rings. The summed E-state index contributed by atoms with van der Waals surface area (Å²) >= 11 is 1.48. The normalized spacial score (nSPS) is 27.0. The molecular weight excluding hydrogens is 446 g/mol. The molecule has 0 spiro atoms. The van der Waals surface area contributed by atoms with Crippen molar-refractivity contribution in [3.8, 4) is 21.7 Å². The van der Waals surface area contributed by atoms with Gasteiger partial charge in [0.05, 0.1) is 20.9 Å². The third-order valence-electron chi connectivity index (χ3n) is 8.03. The number of nitrogens with one attached hydrogen (secondary N) is 1. The smallest absolute Gasteiger partial charge is 0.269 e. The van der Waals surface area contributed by atoms with Crippen LogP contribution in [0.3, 0.4) is 0 Å². The number of thiazole rings is 1. The highest BCUT2D eigenvalue weighted by Crippen LogP contribution is 2.60. The van der Waals surface area contributed by atoms with Gasteiger partial charge in [-0.3, -0.25) is 14.9 Å². The van der Waals surface area contributed by atoms with Crippen molar-refractivity contribution in [3.05, 3.63) is 64.2 Å². The fourth-order valence-corrected chi connectivity index (χ4v) is 7.82. The number of carbonyl (C=O) groups excluding carboxylic acids is 1. The number of amides is 1. The standard InChI is InChI=1S/C27H27N3O3S/c1-16-2-4-21(5-3-16)24-23(20-6-8-22(9-7-20)30(32)33)28-26(34-24)29-25(31)27-13-17-10-18(14-27)12-19(11-17)15-27/h2-9,17-19H,10-15H2,1H3,(H,28,29,31). The average Bonchev–Trinajstić information content (AvgIpc) is 3.22. The maximum atomic E-state index is 13.6. The van der Waals surface area contributed by atoms with Crippen LogP contribution in [0.4, 0.5) is 10.8 Å². The van der Waals surface area contributed by atoms with Crippen LogP contribution in [0.1, 0.15) is 44.1 Å². The van der Waals surface area contributed by atoms with Crippen molar-refractivity contribution >= 4 is 28.1 Å². The Hall–Kier alpha value is -3.06. The Balaban J connectivity index is 1.34. The van der Waals surface area contributed by atoms with Crippen molar-refractivity contribution in [1.82, 2.24) is 4.98 Å². The van der Waals surface area contributed by atoms with Crippen molar-refractivity contribution in [2.45, 2.75) is 45.4 Å². The highest BCUT2D eigenvalue weighted by molar-refractivity contribution is 7.19. The van der Waals surface area contributed by atoms with E-state index in [1.165, 1.54) is 48.3 Å². The van der Waals surface area contributed by atoms with Gasteiger partial charge in [0, 0.05) is 17.7 Å². The van der Waals surface area contributed by atoms with Crippen LogP contribution in [0.5, 0.6) is 0 Å². The molecule has 174 valence electrons. The van der Waals surface area contributed by atoms with E-state index in [0.29, 0.717) is 22.9 Å². The van der Waals surface area contributed by atoms with Crippen LogP contribution in [0.2, 0.25) is 0 Å². The van der Waals surface area contributed by atoms with Crippen molar-refractivity contribution < 1.29 is 9.72 Å². The van der Waals surface area contributed by atoms with E-state index in [0.717, 1.165) is 41.0 Å². The molecule has 1 heterocycles. The van der Waals surface area contributed by atoms with E-state index in [9.17, 15) is 14.9 Å². The van der Waals surface area contributed by atoms with Crippen molar-refractivity contribution in [3.63, 3.8) is 0 Å². The number of nitro benzene ring substituents is 1. The van der Waals surface area contributed by atoms with Gasteiger partial charge < -0.3 is 5.32 Å². The highest BCUT2D eigenvalue weighted by Gasteiger charge is 2.54. The van der Waals surface area contributed by atoms with E-state index in [2.05, 4.69) is 29.6 Å². The zero-order valence-electron chi connectivity index (χ0n) is 19.1. The van der Waals surface area contributed by atoms with E-state index in [1.807, 2.05) is 6.92 Å². The van der Waals surface area contributed by atoms with Gasteiger partial charge in [-0.05, 0) is 80.9 Å². The largest absolute Gasteiger partial charge is 0.301 e. The molecule has 4 bridgehead atoms. The summed E-state index contributed by atoms with van der Waals surface area (Å²) < 4.78 is 0. The Morgan fingerprint density at radius 2 is 1.53 bits per heavy atom. The minimum absolute atomic E-state index is 0.0474. The molecule has 0 atom stereocenters. The van der Waals surface area contributed by atoms with Gasteiger partial charge in [0.25, 0.3) is 5.69 Å². The summed E-state index contributed by atoms with van der Waals surface area (Å²) in [5.74, 6) is 2.23. The minimum Gasteiger partial charge on any atom is -0.301 e. The summed E-state index contributed by atoms with van der Waals surface area (Å²) in [6, 6.07) is 14.7. The van der Waals surface area contributed by atoms with Crippen LogP contribution in [-0.2, 0) is 4.79 Å². The molecule has 0 aliphatic heterocycles. The molecule has 1 aromatic heterocycles. The van der Waals surface area contributed by atoms with Crippen molar-refractivity contribution in [2.24, 2.45) is 23.2 Å². The lowest BCUT2D eigenvalue weighted by Crippen LogP contribution is -2.51. The van der Waals surface area contributed by atoms with Gasteiger partial charge in [-0.2, -0.15) is 0 Å². The Kier molecular flexibility index (Phi) is 5.06. The monoisotopic (exact) mass is 473 g/mol. The van der Waals surface area contributed by atoms with Crippen LogP contribution in [0, 0.1) is 40.2 Å². The lowest BCUT2D eigenvalue weighted by atomic mass is 9.49. The van der Waals surface area contributed by atoms with Gasteiger partial charge in [0.1, 0.15) is 0 Å². The number of carbonyl (C=O) groups is 1. The maximum absolute atomic E-state index is 13.6. The number of benzene rings is 2. The molecule has 2 aromatic carbocycles. The molecular formula is C27H27N3O3S. The number of hydrogen-bond donors (Lipinski definition) is 1. The molecule has 0 unspecified atom stereocenters. The van der Waals surface area contributed by atoms with Gasteiger partial charge in [0.15, 0.2) is 5.13 Å². The Labute approximate surface area is 202 Å². The second kappa shape index (κ2) is 8.01. The number of non-ortho nitro benzene ring substituents is 1. The summed E-state index contributed by atoms with van der Waals surface area (Å²) in [5, 5.41) is 14.9. The molecule has 3 aromatic rings. The first-order valence-corrected chi connectivity index (χ1v) is 12.8. The van der Waals surface area contributed by atoms with Crippen molar-refractivity contribution in [1.29, 1.82) is 0 Å². The van der Waals surface area contributed by atoms with Crippen LogP contribution in [0.15, 0.2) is 48.5 Å². The molecule has 34 heavy (non-hydrogen) atoms. The highest BCUT2D eigenvalue weighted by atomic mass is 32.1. The lowest BCUT2D eigenvalue weighted by Gasteiger charge is -2.55. The second-order valence-corrected chi connectivity index (χ2v) is 11.5. The predicted molar refractivity (Wildman–Crippen MR) is 134 cm³/mol. The van der Waals surface area contributed by atoms with E-state index >= 15 is 0 Å². The molecule has 4 saturated carbocycles. The molecule has 0 radical (unpaired) electrons. The number of rotatable bonds is 5. The first-order chi connectivity index (χ1) is 16.4. The van der Waals surface area contributed by atoms with E-state index < -0.39 is 4.92 Å². The summed E-state index contributed by atoms with van der Waals surface area (Å²) in [6.07, 6.45) is 6.92. The third-order valence-corrected chi connectivity index (χ3v) is 9.05. The third kappa shape index (κ3) is 3.72. The van der Waals surface area contributed by atoms with Crippen LogP contribution in [-0.4, -0.2) is 15.8 Å². The quantitative estimate of drug-likeness (QED) is 0.324. The number of aryl methyl sites for hydroxylation is 1. The molecule has 7 rings (SSSR count). The zero-order chi connectivity index (χ0) is 23.4. The SMILES string of the molecule is Cc1ccc(-c2sc(NC(=O)C34CC5CC(CC(C5)C3)C4)nc2-c2ccc([N+](=O)[O-])cc2)cc1. The maximum Gasteiger partial charge on any atom is 0.269 e. The Morgan fingerprint density at radius 3 is 2.09 bits per heavy atom. The molecule has 4 aliphatic rings. The van der Waals surface area contributed by atoms with Gasteiger partial charge in [0.2, 0.25) is 5.91 Å². The first kappa shape index (κ1) is 21.5. The molecule has 0 saturated heterocycles. The second-order valence-electron chi connectivity index (χ2n) is 10.5. The van der Waals surface area contributed by atoms with Gasteiger partial charge in [-0.15, -0.1) is 0 Å². The molecule has 6 nitrogen and oxygen atoms in total. The topological polar surface area (TPSA) is 85.1 Å². The molecule has 7 heteroatoms. The molecule has 1 amide bonds. The summed E-state index contributed by atoms with van der Waals surface area (Å²) in [4.78, 5) is 30.1. The zero-order valence-corrected chi connectivity index (χ0v) is 19.9. The fraction of sp³-hybridized carbons (Fsp3) is 0.407. The van der Waals surface area contributed by atoms with E-state index in [1.54, 1.807) is 12.1 Å². The molecule has 4 aliphatic carbocycles. The average molecular weight is 474 g/mol. The number of anilines is 1. The number of aromatic nitrogens is 1. The number of hydrogen-bond acceptors (Lipinski definition) is 5. The minimum atomic E-state index is -0.400. The van der Waals surface area contributed by atoms with Crippen LogP contribution in [0.25, 0.3) is 21.7 Å². The van der Waals surface area contributed by atoms with Crippen LogP contribution >= 0.6 is 11.3 Å². The van der Waals surface area contributed by atoms with E-state index in [4.69, 9.17) is 4.98 Å². The lowest BCUT2D eigenvalue weighted by molar-refractivity contribution is -0.384.